The van der Waals surface area contributed by atoms with Crippen LogP contribution in [0.25, 0.3) is 0 Å². The molecule has 0 aromatic heterocycles. The lowest BCUT2D eigenvalue weighted by Crippen LogP contribution is -2.48. The first kappa shape index (κ1) is 32.2. The minimum absolute atomic E-state index is 0.125. The Labute approximate surface area is 209 Å². The highest BCUT2D eigenvalue weighted by molar-refractivity contribution is 4.87. The van der Waals surface area contributed by atoms with E-state index in [4.69, 9.17) is 50.0 Å². The molecular weight excluding hydrogens is 450 g/mol. The molecule has 10 heteroatoms. The predicted octanol–water partition coefficient (Wildman–Crippen LogP) is 3.55. The second kappa shape index (κ2) is 24.4. The summed E-state index contributed by atoms with van der Waals surface area (Å²) in [7, 11) is 0. The van der Waals surface area contributed by atoms with Crippen LogP contribution in [0.4, 0.5) is 0 Å². The quantitative estimate of drug-likeness (QED) is 0.194. The maximum absolute atomic E-state index is 9.08. The molecule has 0 saturated heterocycles. The van der Waals surface area contributed by atoms with Crippen LogP contribution in [-0.4, -0.2) is 64.6 Å². The molecule has 0 amide bonds. The minimum atomic E-state index is -0.596. The van der Waals surface area contributed by atoms with Gasteiger partial charge in [-0.1, -0.05) is 6.92 Å². The van der Waals surface area contributed by atoms with Crippen molar-refractivity contribution in [3.63, 3.8) is 0 Å². The zero-order valence-corrected chi connectivity index (χ0v) is 20.7. The number of unbranched alkanes of at least 4 members (excludes halogenated alkanes) is 1. The Kier molecular flexibility index (Phi) is 22.5. The fourth-order valence-electron chi connectivity index (χ4n) is 3.43. The molecule has 35 heavy (non-hydrogen) atoms. The van der Waals surface area contributed by atoms with Crippen molar-refractivity contribution >= 4 is 0 Å². The normalized spacial score (nSPS) is 13.8. The van der Waals surface area contributed by atoms with Crippen LogP contribution in [0.3, 0.4) is 0 Å². The largest absolute Gasteiger partial charge is 0.379 e. The monoisotopic (exact) mass is 487 g/mol. The van der Waals surface area contributed by atoms with Gasteiger partial charge in [-0.25, -0.2) is 0 Å². The van der Waals surface area contributed by atoms with E-state index in [2.05, 4.69) is 18.2 Å². The smallest absolute Gasteiger partial charge is 0.107 e. The van der Waals surface area contributed by atoms with Crippen LogP contribution in [0, 0.1) is 62.6 Å². The fourth-order valence-corrected chi connectivity index (χ4v) is 3.43. The molecule has 0 N–H and O–H groups in total. The van der Waals surface area contributed by atoms with Crippen molar-refractivity contribution in [2.24, 2.45) is 5.92 Å². The van der Waals surface area contributed by atoms with Gasteiger partial charge in [0.2, 0.25) is 0 Å². The summed E-state index contributed by atoms with van der Waals surface area (Å²) in [5.41, 5.74) is 0. The SMILES string of the molecule is CCCOCC(OCCC#N)C(CCCC#N)C(OCCC#N)C(COCCC#N)OCCC#N. The van der Waals surface area contributed by atoms with Crippen LogP contribution in [0.5, 0.6) is 0 Å². The summed E-state index contributed by atoms with van der Waals surface area (Å²) in [5, 5.41) is 44.9. The highest BCUT2D eigenvalue weighted by Crippen LogP contribution is 2.27. The van der Waals surface area contributed by atoms with Gasteiger partial charge in [0.25, 0.3) is 0 Å². The van der Waals surface area contributed by atoms with Crippen molar-refractivity contribution in [3.8, 4) is 30.3 Å². The maximum Gasteiger partial charge on any atom is 0.107 e. The number of ether oxygens (including phenoxy) is 5. The molecule has 0 saturated carbocycles. The number of nitrogens with zero attached hydrogens (tertiary/aromatic N) is 5. The van der Waals surface area contributed by atoms with Crippen LogP contribution in [0.15, 0.2) is 0 Å². The third-order valence-corrected chi connectivity index (χ3v) is 4.98. The van der Waals surface area contributed by atoms with Crippen LogP contribution in [-0.2, 0) is 23.7 Å². The van der Waals surface area contributed by atoms with E-state index in [-0.39, 0.29) is 71.2 Å². The van der Waals surface area contributed by atoms with E-state index in [1.54, 1.807) is 0 Å². The van der Waals surface area contributed by atoms with Crippen molar-refractivity contribution in [3.05, 3.63) is 0 Å². The molecule has 0 aliphatic heterocycles. The van der Waals surface area contributed by atoms with Gasteiger partial charge >= 0.3 is 0 Å². The van der Waals surface area contributed by atoms with E-state index < -0.39 is 18.3 Å². The lowest BCUT2D eigenvalue weighted by molar-refractivity contribution is -0.156. The number of nitriles is 5. The average molecular weight is 488 g/mol. The summed E-state index contributed by atoms with van der Waals surface area (Å²) in [6.45, 7) is 3.71. The van der Waals surface area contributed by atoms with E-state index in [0.29, 0.717) is 25.9 Å². The van der Waals surface area contributed by atoms with E-state index in [0.717, 1.165) is 6.42 Å². The zero-order chi connectivity index (χ0) is 26.0. The number of hydrogen-bond acceptors (Lipinski definition) is 10. The maximum atomic E-state index is 9.08. The fraction of sp³-hybridized carbons (Fsp3) is 0.800. The summed E-state index contributed by atoms with van der Waals surface area (Å²) in [6.07, 6.45) is 1.51. The molecule has 4 unspecified atom stereocenters. The molecule has 4 atom stereocenters. The molecule has 0 rings (SSSR count). The topological polar surface area (TPSA) is 165 Å². The van der Waals surface area contributed by atoms with Crippen LogP contribution < -0.4 is 0 Å². The molecule has 192 valence electrons. The number of hydrogen-bond donors (Lipinski definition) is 0. The first-order valence-electron chi connectivity index (χ1n) is 12.0. The Morgan fingerprint density at radius 1 is 0.571 bits per heavy atom. The van der Waals surface area contributed by atoms with Gasteiger partial charge in [-0.3, -0.25) is 0 Å². The highest BCUT2D eigenvalue weighted by Gasteiger charge is 2.37. The second-order valence-electron chi connectivity index (χ2n) is 7.65. The van der Waals surface area contributed by atoms with Gasteiger partial charge in [-0.15, -0.1) is 0 Å². The van der Waals surface area contributed by atoms with Crippen molar-refractivity contribution in [1.82, 2.24) is 0 Å². The van der Waals surface area contributed by atoms with Gasteiger partial charge in [0.1, 0.15) is 6.10 Å². The van der Waals surface area contributed by atoms with E-state index >= 15 is 0 Å². The van der Waals surface area contributed by atoms with Gasteiger partial charge in [0, 0.05) is 18.9 Å². The third-order valence-electron chi connectivity index (χ3n) is 4.98. The van der Waals surface area contributed by atoms with Gasteiger partial charge in [-0.2, -0.15) is 26.3 Å². The molecule has 0 heterocycles. The van der Waals surface area contributed by atoms with Gasteiger partial charge in [0.15, 0.2) is 0 Å². The lowest BCUT2D eigenvalue weighted by Gasteiger charge is -2.37. The van der Waals surface area contributed by atoms with Crippen molar-refractivity contribution in [1.29, 1.82) is 26.3 Å². The van der Waals surface area contributed by atoms with Gasteiger partial charge in [-0.05, 0) is 19.3 Å². The molecule has 0 aliphatic carbocycles. The van der Waals surface area contributed by atoms with E-state index in [9.17, 15) is 0 Å². The summed E-state index contributed by atoms with van der Waals surface area (Å²) < 4.78 is 29.7. The number of rotatable bonds is 23. The first-order chi connectivity index (χ1) is 17.2. The Balaban J connectivity index is 5.98. The van der Waals surface area contributed by atoms with E-state index in [1.807, 2.05) is 19.1 Å². The molecule has 0 aliphatic rings. The first-order valence-corrected chi connectivity index (χ1v) is 12.0. The minimum Gasteiger partial charge on any atom is -0.379 e. The van der Waals surface area contributed by atoms with Crippen molar-refractivity contribution in [2.45, 2.75) is 76.6 Å². The Morgan fingerprint density at radius 2 is 1.06 bits per heavy atom. The standard InChI is InChI=1S/C25H37N5O5/c1-2-15-31-20-23(33-17-6-12-28)22(9-3-4-10-26)25(35-19-8-14-30)24(34-18-7-13-29)21-32-16-5-11-27/h22-25H,2-9,15-21H2,1H3. The molecular formula is C25H37N5O5. The Bertz CT molecular complexity index is 731. The van der Waals surface area contributed by atoms with E-state index in [1.165, 1.54) is 0 Å². The Morgan fingerprint density at radius 3 is 1.63 bits per heavy atom. The third kappa shape index (κ3) is 16.5. The van der Waals surface area contributed by atoms with Crippen LogP contribution >= 0.6 is 0 Å². The summed E-state index contributed by atoms with van der Waals surface area (Å²) in [6, 6.07) is 10.4. The molecule has 0 radical (unpaired) electrons. The van der Waals surface area contributed by atoms with Crippen LogP contribution in [0.2, 0.25) is 0 Å². The Hall–Kier alpha value is -2.75. The second-order valence-corrected chi connectivity index (χ2v) is 7.65. The molecule has 0 fully saturated rings. The molecule has 0 aromatic rings. The summed E-state index contributed by atoms with van der Waals surface area (Å²) in [5.74, 6) is -0.288. The average Bonchev–Trinajstić information content (AvgIpc) is 2.86. The van der Waals surface area contributed by atoms with Crippen molar-refractivity contribution in [2.75, 3.05) is 46.2 Å². The van der Waals surface area contributed by atoms with Crippen LogP contribution in [0.1, 0.15) is 58.3 Å². The van der Waals surface area contributed by atoms with Gasteiger partial charge < -0.3 is 23.7 Å². The summed E-state index contributed by atoms with van der Waals surface area (Å²) >= 11 is 0. The zero-order valence-electron chi connectivity index (χ0n) is 20.7. The predicted molar refractivity (Wildman–Crippen MR) is 125 cm³/mol. The highest BCUT2D eigenvalue weighted by atomic mass is 16.6. The molecule has 0 aromatic carbocycles. The van der Waals surface area contributed by atoms with Gasteiger partial charge in [0.05, 0.1) is 108 Å². The molecule has 10 nitrogen and oxygen atoms in total. The lowest BCUT2D eigenvalue weighted by atomic mass is 9.87. The molecule has 0 bridgehead atoms. The molecule has 0 spiro atoms. The summed E-state index contributed by atoms with van der Waals surface area (Å²) in [4.78, 5) is 0. The van der Waals surface area contributed by atoms with Crippen molar-refractivity contribution < 1.29 is 23.7 Å².